The van der Waals surface area contributed by atoms with Crippen molar-refractivity contribution in [3.8, 4) is 0 Å². The van der Waals surface area contributed by atoms with E-state index < -0.39 is 0 Å². The van der Waals surface area contributed by atoms with E-state index in [1.807, 2.05) is 0 Å². The summed E-state index contributed by atoms with van der Waals surface area (Å²) in [6, 6.07) is 8.39. The lowest BCUT2D eigenvalue weighted by molar-refractivity contribution is 0.553. The molecule has 0 aliphatic carbocycles. The molecule has 1 fully saturated rings. The van der Waals surface area contributed by atoms with E-state index in [0.717, 1.165) is 37.8 Å². The number of nitrogens with zero attached hydrogens (tertiary/aromatic N) is 4. The minimum Gasteiger partial charge on any atom is -0.370 e. The van der Waals surface area contributed by atoms with Gasteiger partial charge in [-0.05, 0) is 26.0 Å². The minimum atomic E-state index is 1.00. The summed E-state index contributed by atoms with van der Waals surface area (Å²) in [7, 11) is 4.20. The van der Waals surface area contributed by atoms with Crippen molar-refractivity contribution in [2.75, 3.05) is 45.2 Å². The van der Waals surface area contributed by atoms with Crippen LogP contribution in [0.4, 0.5) is 11.4 Å². The Morgan fingerprint density at radius 1 is 1.05 bits per heavy atom. The molecule has 0 atom stereocenters. The Labute approximate surface area is 116 Å². The number of guanidine groups is 1. The van der Waals surface area contributed by atoms with Crippen molar-refractivity contribution in [1.29, 1.82) is 0 Å². The van der Waals surface area contributed by atoms with E-state index in [-0.39, 0.29) is 0 Å². The van der Waals surface area contributed by atoms with Gasteiger partial charge in [0.05, 0.1) is 11.4 Å². The number of aliphatic imine (C=N–C) groups is 1. The topological polar surface area (TPSA) is 22.1 Å². The first kappa shape index (κ1) is 13.7. The molecule has 1 aromatic rings. The van der Waals surface area contributed by atoms with Gasteiger partial charge in [-0.3, -0.25) is 0 Å². The molecule has 0 saturated carbocycles. The Balaban J connectivity index is 2.37. The summed E-state index contributed by atoms with van der Waals surface area (Å²) in [4.78, 5) is 11.6. The Kier molecular flexibility index (Phi) is 4.30. The van der Waals surface area contributed by atoms with E-state index in [2.05, 4.69) is 66.9 Å². The fraction of sp³-hybridized carbons (Fsp3) is 0.533. The summed E-state index contributed by atoms with van der Waals surface area (Å²) in [5.74, 6) is 1.06. The number of anilines is 1. The third-order valence-corrected chi connectivity index (χ3v) is 3.66. The van der Waals surface area contributed by atoms with E-state index >= 15 is 0 Å². The maximum absolute atomic E-state index is 4.86. The van der Waals surface area contributed by atoms with Gasteiger partial charge in [0, 0.05) is 40.3 Å². The van der Waals surface area contributed by atoms with Crippen LogP contribution in [0.2, 0.25) is 0 Å². The first-order valence-corrected chi connectivity index (χ1v) is 7.02. The molecule has 1 heterocycles. The predicted octanol–water partition coefficient (Wildman–Crippen LogP) is 2.40. The third kappa shape index (κ3) is 2.83. The zero-order chi connectivity index (χ0) is 13.8. The van der Waals surface area contributed by atoms with Crippen molar-refractivity contribution in [3.05, 3.63) is 24.3 Å². The zero-order valence-corrected chi connectivity index (χ0v) is 12.4. The van der Waals surface area contributed by atoms with Crippen molar-refractivity contribution < 1.29 is 0 Å². The number of hydrogen-bond acceptors (Lipinski definition) is 2. The molecule has 0 bridgehead atoms. The first-order valence-electron chi connectivity index (χ1n) is 7.02. The molecule has 1 aromatic carbocycles. The largest absolute Gasteiger partial charge is 0.370 e. The number of rotatable bonds is 4. The van der Waals surface area contributed by atoms with E-state index in [4.69, 9.17) is 4.99 Å². The Hall–Kier alpha value is -1.71. The quantitative estimate of drug-likeness (QED) is 0.830. The highest BCUT2D eigenvalue weighted by Crippen LogP contribution is 2.29. The zero-order valence-electron chi connectivity index (χ0n) is 12.4. The second-order valence-corrected chi connectivity index (χ2v) is 4.92. The van der Waals surface area contributed by atoms with Gasteiger partial charge in [0.1, 0.15) is 0 Å². The number of hydrogen-bond donors (Lipinski definition) is 0. The summed E-state index contributed by atoms with van der Waals surface area (Å²) in [5.41, 5.74) is 2.27. The van der Waals surface area contributed by atoms with E-state index in [1.165, 1.54) is 5.69 Å². The van der Waals surface area contributed by atoms with Gasteiger partial charge in [0.25, 0.3) is 0 Å². The van der Waals surface area contributed by atoms with Gasteiger partial charge >= 0.3 is 0 Å². The van der Waals surface area contributed by atoms with Gasteiger partial charge in [0.2, 0.25) is 5.96 Å². The molecule has 0 spiro atoms. The molecule has 104 valence electrons. The molecular weight excluding hydrogens is 236 g/mol. The summed E-state index contributed by atoms with van der Waals surface area (Å²) in [6.45, 7) is 8.46. The van der Waals surface area contributed by atoms with E-state index in [0.29, 0.717) is 0 Å². The lowest BCUT2D eigenvalue weighted by Gasteiger charge is -2.23. The monoisotopic (exact) mass is 260 g/mol. The van der Waals surface area contributed by atoms with Gasteiger partial charge in [-0.25, -0.2) is 4.99 Å². The molecule has 0 N–H and O–H groups in total. The highest BCUT2D eigenvalue weighted by atomic mass is 15.4. The van der Waals surface area contributed by atoms with Crippen molar-refractivity contribution >= 4 is 17.3 Å². The highest BCUT2D eigenvalue weighted by Gasteiger charge is 2.20. The SMILES string of the molecule is CCN(CC)c1ccccc1N=C1N(C)CCN1C. The van der Waals surface area contributed by atoms with Crippen molar-refractivity contribution in [3.63, 3.8) is 0 Å². The molecule has 1 aliphatic heterocycles. The van der Waals surface area contributed by atoms with Gasteiger partial charge in [-0.1, -0.05) is 12.1 Å². The fourth-order valence-electron chi connectivity index (χ4n) is 2.46. The molecule has 4 nitrogen and oxygen atoms in total. The van der Waals surface area contributed by atoms with Crippen molar-refractivity contribution in [2.45, 2.75) is 13.8 Å². The number of para-hydroxylation sites is 2. The van der Waals surface area contributed by atoms with E-state index in [1.54, 1.807) is 0 Å². The molecule has 0 unspecified atom stereocenters. The molecule has 0 radical (unpaired) electrons. The average Bonchev–Trinajstić information content (AvgIpc) is 2.74. The van der Waals surface area contributed by atoms with Crippen LogP contribution in [0.25, 0.3) is 0 Å². The smallest absolute Gasteiger partial charge is 0.201 e. The Morgan fingerprint density at radius 2 is 1.63 bits per heavy atom. The Bertz CT molecular complexity index is 439. The lowest BCUT2D eigenvalue weighted by atomic mass is 10.2. The maximum atomic E-state index is 4.86. The standard InChI is InChI=1S/C15H24N4/c1-5-19(6-2)14-10-8-7-9-13(14)16-15-17(3)11-12-18(15)4/h7-10H,5-6,11-12H2,1-4H3. The van der Waals surface area contributed by atoms with Crippen LogP contribution < -0.4 is 4.90 Å². The fourth-order valence-corrected chi connectivity index (χ4v) is 2.46. The second-order valence-electron chi connectivity index (χ2n) is 4.92. The van der Waals surface area contributed by atoms with Crippen LogP contribution in [0.3, 0.4) is 0 Å². The van der Waals surface area contributed by atoms with Gasteiger partial charge in [0.15, 0.2) is 0 Å². The van der Waals surface area contributed by atoms with Gasteiger partial charge < -0.3 is 14.7 Å². The van der Waals surface area contributed by atoms with Crippen LogP contribution in [0.1, 0.15) is 13.8 Å². The summed E-state index contributed by atoms with van der Waals surface area (Å²) in [6.07, 6.45) is 0. The molecule has 4 heteroatoms. The number of likely N-dealkylation sites (N-methyl/N-ethyl adjacent to an activating group) is 2. The van der Waals surface area contributed by atoms with Crippen molar-refractivity contribution in [2.24, 2.45) is 4.99 Å². The second kappa shape index (κ2) is 5.95. The van der Waals surface area contributed by atoms with Crippen LogP contribution in [0.15, 0.2) is 29.3 Å². The summed E-state index contributed by atoms with van der Waals surface area (Å²) < 4.78 is 0. The van der Waals surface area contributed by atoms with Crippen LogP contribution in [-0.2, 0) is 0 Å². The normalized spacial score (nSPS) is 15.1. The molecule has 1 aliphatic rings. The van der Waals surface area contributed by atoms with Crippen LogP contribution in [0, 0.1) is 0 Å². The molecule has 19 heavy (non-hydrogen) atoms. The Morgan fingerprint density at radius 3 is 2.21 bits per heavy atom. The van der Waals surface area contributed by atoms with Crippen LogP contribution >= 0.6 is 0 Å². The summed E-state index contributed by atoms with van der Waals surface area (Å²) >= 11 is 0. The average molecular weight is 260 g/mol. The van der Waals surface area contributed by atoms with E-state index in [9.17, 15) is 0 Å². The molecule has 2 rings (SSSR count). The summed E-state index contributed by atoms with van der Waals surface area (Å²) in [5, 5.41) is 0. The van der Waals surface area contributed by atoms with Crippen molar-refractivity contribution in [1.82, 2.24) is 9.80 Å². The highest BCUT2D eigenvalue weighted by molar-refractivity contribution is 5.86. The lowest BCUT2D eigenvalue weighted by Crippen LogP contribution is -2.28. The molecule has 1 saturated heterocycles. The third-order valence-electron chi connectivity index (χ3n) is 3.66. The van der Waals surface area contributed by atoms with Gasteiger partial charge in [-0.2, -0.15) is 0 Å². The van der Waals surface area contributed by atoms with Gasteiger partial charge in [-0.15, -0.1) is 0 Å². The van der Waals surface area contributed by atoms with Crippen LogP contribution in [0.5, 0.6) is 0 Å². The molecular formula is C15H24N4. The first-order chi connectivity index (χ1) is 9.17. The molecule has 0 aromatic heterocycles. The number of benzene rings is 1. The predicted molar refractivity (Wildman–Crippen MR) is 82.4 cm³/mol. The van der Waals surface area contributed by atoms with Crippen LogP contribution in [-0.4, -0.2) is 56.0 Å². The molecule has 0 amide bonds. The minimum absolute atomic E-state index is 1.00. The maximum Gasteiger partial charge on any atom is 0.201 e.